The van der Waals surface area contributed by atoms with E-state index in [2.05, 4.69) is 21.9 Å². The molecule has 0 unspecified atom stereocenters. The zero-order chi connectivity index (χ0) is 24.4. The first-order valence-electron chi connectivity index (χ1n) is 11.4. The molecule has 0 radical (unpaired) electrons. The fraction of sp³-hybridized carbons (Fsp3) is 0.280. The third-order valence-corrected chi connectivity index (χ3v) is 7.50. The molecule has 1 aromatic carbocycles. The lowest BCUT2D eigenvalue weighted by Gasteiger charge is -2.37. The number of hydrogen-bond acceptors (Lipinski definition) is 8. The number of carbonyl (C=O) groups excluding carboxylic acids is 1. The lowest BCUT2D eigenvalue weighted by atomic mass is 10.2. The predicted octanol–water partition coefficient (Wildman–Crippen LogP) is 2.87. The van der Waals surface area contributed by atoms with Gasteiger partial charge in [-0.15, -0.1) is 0 Å². The number of fused-ring (bicyclic) bond motifs is 1. The van der Waals surface area contributed by atoms with Crippen LogP contribution in [0.3, 0.4) is 0 Å². The van der Waals surface area contributed by atoms with Gasteiger partial charge in [0.1, 0.15) is 15.8 Å². The Hall–Kier alpha value is -3.21. The van der Waals surface area contributed by atoms with Crippen molar-refractivity contribution in [2.24, 2.45) is 0 Å². The van der Waals surface area contributed by atoms with E-state index in [4.69, 9.17) is 21.9 Å². The van der Waals surface area contributed by atoms with Gasteiger partial charge in [0.05, 0.1) is 23.6 Å². The number of methoxy groups -OCH3 is 1. The van der Waals surface area contributed by atoms with Crippen molar-refractivity contribution in [1.29, 1.82) is 0 Å². The summed E-state index contributed by atoms with van der Waals surface area (Å²) in [6, 6.07) is 15.8. The van der Waals surface area contributed by atoms with Crippen LogP contribution in [0.25, 0.3) is 11.7 Å². The highest BCUT2D eigenvalue weighted by Gasteiger charge is 2.33. The van der Waals surface area contributed by atoms with Crippen LogP contribution in [0.2, 0.25) is 0 Å². The molecule has 2 fully saturated rings. The lowest BCUT2D eigenvalue weighted by molar-refractivity contribution is -0.122. The van der Waals surface area contributed by atoms with Crippen LogP contribution in [0.4, 0.5) is 11.5 Å². The maximum atomic E-state index is 13.6. The molecular weight excluding hydrogens is 482 g/mol. The Kier molecular flexibility index (Phi) is 6.85. The van der Waals surface area contributed by atoms with Crippen LogP contribution in [0, 0.1) is 0 Å². The summed E-state index contributed by atoms with van der Waals surface area (Å²) in [4.78, 5) is 37.8. The molecule has 1 amide bonds. The SMILES string of the molecule is COCCN1C(=O)C(=Cc2c(N3CCN(c4ccccc4)CC3)nc3ccccn3c2=O)SC1=S. The number of para-hydroxylation sites is 1. The second-order valence-corrected chi connectivity index (χ2v) is 9.89. The number of amides is 1. The highest BCUT2D eigenvalue weighted by Crippen LogP contribution is 2.33. The van der Waals surface area contributed by atoms with Crippen molar-refractivity contribution in [3.63, 3.8) is 0 Å². The standard InChI is InChI=1S/C25H25N5O3S2/c1-33-16-15-30-24(32)20(35-25(30)34)17-19-22(26-21-9-5-6-10-29(21)23(19)31)28-13-11-27(12-14-28)18-7-3-2-4-8-18/h2-10,17H,11-16H2,1H3. The van der Waals surface area contributed by atoms with Gasteiger partial charge in [0.2, 0.25) is 0 Å². The van der Waals surface area contributed by atoms with E-state index >= 15 is 0 Å². The summed E-state index contributed by atoms with van der Waals surface area (Å²) in [5.41, 5.74) is 1.94. The van der Waals surface area contributed by atoms with Crippen molar-refractivity contribution in [3.05, 3.63) is 75.6 Å². The predicted molar refractivity (Wildman–Crippen MR) is 144 cm³/mol. The lowest BCUT2D eigenvalue weighted by Crippen LogP contribution is -2.47. The molecule has 2 aliphatic rings. The van der Waals surface area contributed by atoms with E-state index in [1.165, 1.54) is 26.7 Å². The van der Waals surface area contributed by atoms with E-state index < -0.39 is 0 Å². The number of anilines is 2. The molecule has 5 rings (SSSR count). The Morgan fingerprint density at radius 2 is 1.74 bits per heavy atom. The van der Waals surface area contributed by atoms with Crippen LogP contribution in [-0.2, 0) is 9.53 Å². The van der Waals surface area contributed by atoms with Crippen molar-refractivity contribution in [2.45, 2.75) is 0 Å². The third-order valence-electron chi connectivity index (χ3n) is 6.12. The molecule has 10 heteroatoms. The van der Waals surface area contributed by atoms with Crippen molar-refractivity contribution < 1.29 is 9.53 Å². The van der Waals surface area contributed by atoms with E-state index in [9.17, 15) is 9.59 Å². The highest BCUT2D eigenvalue weighted by atomic mass is 32.2. The van der Waals surface area contributed by atoms with E-state index in [1.807, 2.05) is 30.3 Å². The molecule has 0 spiro atoms. The van der Waals surface area contributed by atoms with Crippen molar-refractivity contribution in [1.82, 2.24) is 14.3 Å². The van der Waals surface area contributed by atoms with Crippen LogP contribution in [0.5, 0.6) is 0 Å². The Bertz CT molecular complexity index is 1350. The number of thiocarbonyl (C=S) groups is 1. The Labute approximate surface area is 212 Å². The average molecular weight is 508 g/mol. The molecule has 180 valence electrons. The van der Waals surface area contributed by atoms with E-state index in [1.54, 1.807) is 25.4 Å². The van der Waals surface area contributed by atoms with E-state index in [-0.39, 0.29) is 11.5 Å². The largest absolute Gasteiger partial charge is 0.383 e. The van der Waals surface area contributed by atoms with Crippen LogP contribution in [-0.4, -0.2) is 71.0 Å². The van der Waals surface area contributed by atoms with Gasteiger partial charge in [0.25, 0.3) is 11.5 Å². The summed E-state index contributed by atoms with van der Waals surface area (Å²) < 4.78 is 7.08. The van der Waals surface area contributed by atoms with Crippen molar-refractivity contribution in [3.8, 4) is 0 Å². The van der Waals surface area contributed by atoms with Crippen molar-refractivity contribution >= 4 is 57.4 Å². The Morgan fingerprint density at radius 3 is 2.49 bits per heavy atom. The molecule has 3 aromatic rings. The summed E-state index contributed by atoms with van der Waals surface area (Å²) in [5.74, 6) is 0.380. The minimum absolute atomic E-state index is 0.210. The number of thioether (sulfide) groups is 1. The molecule has 2 aliphatic heterocycles. The van der Waals surface area contributed by atoms with E-state index in [0.717, 1.165) is 13.1 Å². The Balaban J connectivity index is 1.50. The monoisotopic (exact) mass is 507 g/mol. The molecule has 0 aliphatic carbocycles. The first-order chi connectivity index (χ1) is 17.1. The summed E-state index contributed by atoms with van der Waals surface area (Å²) in [7, 11) is 1.58. The van der Waals surface area contributed by atoms with Gasteiger partial charge >= 0.3 is 0 Å². The zero-order valence-electron chi connectivity index (χ0n) is 19.3. The molecule has 8 nitrogen and oxygen atoms in total. The number of rotatable bonds is 6. The normalized spacial score (nSPS) is 17.7. The summed E-state index contributed by atoms with van der Waals surface area (Å²) in [6.45, 7) is 3.79. The number of pyridine rings is 1. The average Bonchev–Trinajstić information content (AvgIpc) is 3.16. The fourth-order valence-electron chi connectivity index (χ4n) is 4.28. The molecular formula is C25H25N5O3S2. The summed E-state index contributed by atoms with van der Waals surface area (Å²) >= 11 is 6.61. The Morgan fingerprint density at radius 1 is 1.03 bits per heavy atom. The van der Waals surface area contributed by atoms with Crippen LogP contribution in [0.1, 0.15) is 5.56 Å². The van der Waals surface area contributed by atoms with Gasteiger partial charge in [-0.1, -0.05) is 48.2 Å². The second kappa shape index (κ2) is 10.2. The number of ether oxygens (including phenoxy) is 1. The zero-order valence-corrected chi connectivity index (χ0v) is 20.9. The highest BCUT2D eigenvalue weighted by molar-refractivity contribution is 8.26. The first kappa shape index (κ1) is 23.5. The van der Waals surface area contributed by atoms with Gasteiger partial charge in [0, 0.05) is 45.2 Å². The summed E-state index contributed by atoms with van der Waals surface area (Å²) in [5, 5.41) is 0. The van der Waals surface area contributed by atoms with Gasteiger partial charge in [0.15, 0.2) is 0 Å². The molecule has 4 heterocycles. The van der Waals surface area contributed by atoms with Gasteiger partial charge in [-0.2, -0.15) is 0 Å². The first-order valence-corrected chi connectivity index (χ1v) is 12.6. The fourth-order valence-corrected chi connectivity index (χ4v) is 5.57. The number of benzene rings is 1. The quantitative estimate of drug-likeness (QED) is 0.373. The van der Waals surface area contributed by atoms with Gasteiger partial charge in [-0.05, 0) is 30.3 Å². The number of piperazine rings is 1. The molecule has 0 atom stereocenters. The summed E-state index contributed by atoms with van der Waals surface area (Å²) in [6.07, 6.45) is 3.35. The van der Waals surface area contributed by atoms with Crippen LogP contribution < -0.4 is 15.4 Å². The molecule has 0 N–H and O–H groups in total. The van der Waals surface area contributed by atoms with E-state index in [0.29, 0.717) is 52.5 Å². The molecule has 35 heavy (non-hydrogen) atoms. The maximum absolute atomic E-state index is 13.6. The molecule has 0 bridgehead atoms. The number of aromatic nitrogens is 2. The number of carbonyl (C=O) groups is 1. The molecule has 2 aromatic heterocycles. The van der Waals surface area contributed by atoms with Crippen LogP contribution in [0.15, 0.2) is 64.4 Å². The maximum Gasteiger partial charge on any atom is 0.267 e. The number of nitrogens with zero attached hydrogens (tertiary/aromatic N) is 5. The molecule has 2 saturated heterocycles. The third kappa shape index (κ3) is 4.69. The smallest absolute Gasteiger partial charge is 0.267 e. The van der Waals surface area contributed by atoms with Crippen molar-refractivity contribution in [2.75, 3.05) is 56.2 Å². The topological polar surface area (TPSA) is 70.4 Å². The van der Waals surface area contributed by atoms with Crippen LogP contribution >= 0.6 is 24.0 Å². The van der Waals surface area contributed by atoms with Gasteiger partial charge in [-0.25, -0.2) is 4.98 Å². The second-order valence-electron chi connectivity index (χ2n) is 8.22. The number of hydrogen-bond donors (Lipinski definition) is 0. The molecule has 0 saturated carbocycles. The minimum atomic E-state index is -0.213. The van der Waals surface area contributed by atoms with Gasteiger partial charge in [-0.3, -0.25) is 18.9 Å². The van der Waals surface area contributed by atoms with Gasteiger partial charge < -0.3 is 14.5 Å². The minimum Gasteiger partial charge on any atom is -0.383 e.